The van der Waals surface area contributed by atoms with Crippen LogP contribution in [0.1, 0.15) is 12.5 Å². The molecule has 0 fully saturated rings. The summed E-state index contributed by atoms with van der Waals surface area (Å²) in [6, 6.07) is 15.2. The largest absolute Gasteiger partial charge is 0.492 e. The van der Waals surface area contributed by atoms with E-state index in [0.29, 0.717) is 17.5 Å². The maximum atomic E-state index is 12.2. The van der Waals surface area contributed by atoms with E-state index in [1.165, 1.54) is 11.8 Å². The summed E-state index contributed by atoms with van der Waals surface area (Å²) in [5.74, 6) is 0.774. The van der Waals surface area contributed by atoms with Gasteiger partial charge in [0.1, 0.15) is 11.4 Å². The second-order valence-electron chi connectivity index (χ2n) is 5.43. The van der Waals surface area contributed by atoms with E-state index in [2.05, 4.69) is 20.8 Å². The summed E-state index contributed by atoms with van der Waals surface area (Å²) in [7, 11) is 0. The molecule has 0 aliphatic carbocycles. The monoisotopic (exact) mass is 369 g/mol. The Labute approximate surface area is 155 Å². The zero-order valence-corrected chi connectivity index (χ0v) is 15.4. The summed E-state index contributed by atoms with van der Waals surface area (Å²) in [6.45, 7) is 4.41. The highest BCUT2D eigenvalue weighted by Gasteiger charge is 2.15. The molecule has 0 bridgehead atoms. The van der Waals surface area contributed by atoms with Crippen molar-refractivity contribution in [2.45, 2.75) is 19.0 Å². The molecule has 1 amide bonds. The fourth-order valence-corrected chi connectivity index (χ4v) is 3.04. The van der Waals surface area contributed by atoms with Crippen LogP contribution in [-0.2, 0) is 4.79 Å². The number of anilines is 1. The fraction of sp³-hybridized carbons (Fsp3) is 0.222. The van der Waals surface area contributed by atoms with Crippen LogP contribution in [0, 0.1) is 6.92 Å². The number of para-hydroxylation sites is 3. The van der Waals surface area contributed by atoms with Crippen LogP contribution in [0.4, 0.5) is 5.69 Å². The van der Waals surface area contributed by atoms with Crippen molar-refractivity contribution < 1.29 is 9.53 Å². The quantitative estimate of drug-likeness (QED) is 0.645. The van der Waals surface area contributed by atoms with Crippen molar-refractivity contribution in [1.82, 2.24) is 20.2 Å². The first kappa shape index (κ1) is 17.9. The Morgan fingerprint density at radius 2 is 1.96 bits per heavy atom. The molecule has 26 heavy (non-hydrogen) atoms. The molecule has 1 N–H and O–H groups in total. The van der Waals surface area contributed by atoms with Gasteiger partial charge in [-0.3, -0.25) is 4.79 Å². The molecule has 2 aromatic carbocycles. The van der Waals surface area contributed by atoms with E-state index in [0.717, 1.165) is 16.9 Å². The number of thioether (sulfide) groups is 1. The average molecular weight is 369 g/mol. The molecule has 0 radical (unpaired) electrons. The average Bonchev–Trinajstić information content (AvgIpc) is 3.11. The van der Waals surface area contributed by atoms with Gasteiger partial charge in [0.05, 0.1) is 12.4 Å². The molecule has 3 rings (SSSR count). The lowest BCUT2D eigenvalue weighted by Crippen LogP contribution is -2.15. The molecule has 134 valence electrons. The lowest BCUT2D eigenvalue weighted by molar-refractivity contribution is -0.113. The normalized spacial score (nSPS) is 10.5. The molecule has 0 saturated heterocycles. The predicted octanol–water partition coefficient (Wildman–Crippen LogP) is 3.10. The second-order valence-corrected chi connectivity index (χ2v) is 6.37. The number of aromatic nitrogens is 4. The molecule has 0 unspecified atom stereocenters. The summed E-state index contributed by atoms with van der Waals surface area (Å²) in [6.07, 6.45) is 0. The maximum absolute atomic E-state index is 12.2. The molecule has 3 aromatic rings. The van der Waals surface area contributed by atoms with Gasteiger partial charge in [-0.2, -0.15) is 4.68 Å². The van der Waals surface area contributed by atoms with Crippen molar-refractivity contribution in [3.05, 3.63) is 54.1 Å². The Bertz CT molecular complexity index is 897. The van der Waals surface area contributed by atoms with Gasteiger partial charge < -0.3 is 10.1 Å². The van der Waals surface area contributed by atoms with Gasteiger partial charge in [0, 0.05) is 5.69 Å². The Hall–Kier alpha value is -2.87. The number of amides is 1. The number of hydrogen-bond acceptors (Lipinski definition) is 6. The van der Waals surface area contributed by atoms with Crippen LogP contribution in [0.2, 0.25) is 0 Å². The number of ether oxygens (including phenoxy) is 1. The highest BCUT2D eigenvalue weighted by atomic mass is 32.2. The highest BCUT2D eigenvalue weighted by molar-refractivity contribution is 7.99. The minimum atomic E-state index is -0.114. The van der Waals surface area contributed by atoms with Crippen molar-refractivity contribution in [3.8, 4) is 11.4 Å². The molecule has 1 aromatic heterocycles. The zero-order valence-electron chi connectivity index (χ0n) is 14.5. The number of carbonyl (C=O) groups excluding carboxylic acids is 1. The minimum absolute atomic E-state index is 0.114. The third kappa shape index (κ3) is 4.20. The summed E-state index contributed by atoms with van der Waals surface area (Å²) in [5.41, 5.74) is 2.56. The number of nitrogens with zero attached hydrogens (tertiary/aromatic N) is 4. The van der Waals surface area contributed by atoms with Crippen molar-refractivity contribution >= 4 is 23.4 Å². The van der Waals surface area contributed by atoms with Crippen LogP contribution in [-0.4, -0.2) is 38.5 Å². The molecule has 0 aliphatic heterocycles. The van der Waals surface area contributed by atoms with E-state index in [1.807, 2.05) is 62.4 Å². The van der Waals surface area contributed by atoms with Gasteiger partial charge in [-0.25, -0.2) is 0 Å². The van der Waals surface area contributed by atoms with E-state index >= 15 is 0 Å². The fourth-order valence-electron chi connectivity index (χ4n) is 2.36. The number of aryl methyl sites for hydroxylation is 1. The van der Waals surface area contributed by atoms with E-state index < -0.39 is 0 Å². The van der Waals surface area contributed by atoms with Crippen LogP contribution < -0.4 is 10.1 Å². The molecule has 0 spiro atoms. The summed E-state index contributed by atoms with van der Waals surface area (Å²) in [5, 5.41) is 15.2. The SMILES string of the molecule is CCOc1ccccc1-n1nnnc1SCC(=O)Nc1ccccc1C. The Morgan fingerprint density at radius 3 is 2.77 bits per heavy atom. The van der Waals surface area contributed by atoms with E-state index in [4.69, 9.17) is 4.74 Å². The minimum Gasteiger partial charge on any atom is -0.492 e. The molecule has 0 saturated carbocycles. The second kappa shape index (κ2) is 8.48. The first-order chi connectivity index (χ1) is 12.7. The number of carbonyl (C=O) groups is 1. The highest BCUT2D eigenvalue weighted by Crippen LogP contribution is 2.26. The number of nitrogens with one attached hydrogen (secondary N) is 1. The van der Waals surface area contributed by atoms with Gasteiger partial charge in [-0.05, 0) is 48.0 Å². The number of hydrogen-bond donors (Lipinski definition) is 1. The molecular weight excluding hydrogens is 350 g/mol. The third-order valence-corrected chi connectivity index (χ3v) is 4.51. The van der Waals surface area contributed by atoms with Crippen molar-refractivity contribution in [3.63, 3.8) is 0 Å². The predicted molar refractivity (Wildman–Crippen MR) is 101 cm³/mol. The molecule has 8 heteroatoms. The van der Waals surface area contributed by atoms with E-state index in [1.54, 1.807) is 4.68 Å². The van der Waals surface area contributed by atoms with Gasteiger partial charge in [-0.1, -0.05) is 42.1 Å². The Balaban J connectivity index is 1.70. The van der Waals surface area contributed by atoms with E-state index in [9.17, 15) is 4.79 Å². The summed E-state index contributed by atoms with van der Waals surface area (Å²) < 4.78 is 7.21. The van der Waals surface area contributed by atoms with Gasteiger partial charge in [-0.15, -0.1) is 5.10 Å². The van der Waals surface area contributed by atoms with Gasteiger partial charge in [0.25, 0.3) is 0 Å². The topological polar surface area (TPSA) is 81.9 Å². The van der Waals surface area contributed by atoms with Gasteiger partial charge in [0.15, 0.2) is 0 Å². The third-order valence-electron chi connectivity index (χ3n) is 3.59. The zero-order chi connectivity index (χ0) is 18.4. The first-order valence-electron chi connectivity index (χ1n) is 8.18. The Morgan fingerprint density at radius 1 is 1.19 bits per heavy atom. The van der Waals surface area contributed by atoms with Crippen LogP contribution >= 0.6 is 11.8 Å². The van der Waals surface area contributed by atoms with E-state index in [-0.39, 0.29) is 11.7 Å². The molecule has 7 nitrogen and oxygen atoms in total. The van der Waals surface area contributed by atoms with Crippen LogP contribution in [0.25, 0.3) is 5.69 Å². The lowest BCUT2D eigenvalue weighted by Gasteiger charge is -2.11. The number of benzene rings is 2. The molecular formula is C18H19N5O2S. The maximum Gasteiger partial charge on any atom is 0.234 e. The van der Waals surface area contributed by atoms with Crippen molar-refractivity contribution in [1.29, 1.82) is 0 Å². The van der Waals surface area contributed by atoms with Crippen molar-refractivity contribution in [2.24, 2.45) is 0 Å². The summed E-state index contributed by atoms with van der Waals surface area (Å²) in [4.78, 5) is 12.2. The molecule has 0 aliphatic rings. The number of rotatable bonds is 7. The number of tetrazole rings is 1. The van der Waals surface area contributed by atoms with Crippen LogP contribution in [0.3, 0.4) is 0 Å². The molecule has 0 atom stereocenters. The van der Waals surface area contributed by atoms with Crippen molar-refractivity contribution in [2.75, 3.05) is 17.7 Å². The molecule has 1 heterocycles. The van der Waals surface area contributed by atoms with Crippen LogP contribution in [0.15, 0.2) is 53.7 Å². The van der Waals surface area contributed by atoms with Gasteiger partial charge >= 0.3 is 0 Å². The summed E-state index contributed by atoms with van der Waals surface area (Å²) >= 11 is 1.27. The standard InChI is InChI=1S/C18H19N5O2S/c1-3-25-16-11-7-6-10-15(16)23-18(20-21-22-23)26-12-17(24)19-14-9-5-4-8-13(14)2/h4-11H,3,12H2,1-2H3,(H,19,24). The lowest BCUT2D eigenvalue weighted by atomic mass is 10.2. The van der Waals surface area contributed by atoms with Gasteiger partial charge in [0.2, 0.25) is 11.1 Å². The van der Waals surface area contributed by atoms with Crippen LogP contribution in [0.5, 0.6) is 5.75 Å². The Kier molecular flexibility index (Phi) is 5.85. The first-order valence-corrected chi connectivity index (χ1v) is 9.16. The smallest absolute Gasteiger partial charge is 0.234 e.